The van der Waals surface area contributed by atoms with E-state index in [1.54, 1.807) is 17.4 Å². The molecule has 21 heavy (non-hydrogen) atoms. The lowest BCUT2D eigenvalue weighted by Gasteiger charge is -2.19. The Morgan fingerprint density at radius 3 is 2.67 bits per heavy atom. The second-order valence-corrected chi connectivity index (χ2v) is 5.87. The molecule has 0 N–H and O–H groups in total. The average molecular weight is 312 g/mol. The van der Waals surface area contributed by atoms with Crippen LogP contribution in [0.25, 0.3) is 0 Å². The molecule has 116 valence electrons. The number of aromatic nitrogens is 1. The molecule has 7 heteroatoms. The van der Waals surface area contributed by atoms with Crippen molar-refractivity contribution in [2.75, 3.05) is 26.8 Å². The molecule has 1 aliphatic heterocycles. The molecule has 0 aromatic carbocycles. The van der Waals surface area contributed by atoms with E-state index < -0.39 is 5.97 Å². The summed E-state index contributed by atoms with van der Waals surface area (Å²) >= 11 is 1.34. The number of likely N-dealkylation sites (tertiary alicyclic amines) is 1. The molecule has 0 atom stereocenters. The largest absolute Gasteiger partial charge is 0.451 e. The molecule has 2 rings (SSSR count). The zero-order chi connectivity index (χ0) is 15.1. The maximum absolute atomic E-state index is 12.0. The van der Waals surface area contributed by atoms with Gasteiger partial charge in [-0.25, -0.2) is 9.78 Å². The molecule has 0 spiro atoms. The van der Waals surface area contributed by atoms with Crippen LogP contribution in [0, 0.1) is 0 Å². The molecule has 1 amide bonds. The summed E-state index contributed by atoms with van der Waals surface area (Å²) in [5.74, 6) is -0.686. The molecular weight excluding hydrogens is 292 g/mol. The summed E-state index contributed by atoms with van der Waals surface area (Å²) in [6, 6.07) is 0. The van der Waals surface area contributed by atoms with Crippen molar-refractivity contribution in [1.82, 2.24) is 9.88 Å². The lowest BCUT2D eigenvalue weighted by molar-refractivity contribution is -0.134. The standard InChI is InChI=1S/C14H20N2O4S/c1-19-8-12-15-11(10-21-12)14(18)20-9-13(17)16-6-4-2-3-5-7-16/h10H,2-9H2,1H3. The van der Waals surface area contributed by atoms with Crippen molar-refractivity contribution in [1.29, 1.82) is 0 Å². The van der Waals surface area contributed by atoms with Crippen LogP contribution in [0.4, 0.5) is 0 Å². The second-order valence-electron chi connectivity index (χ2n) is 4.93. The second kappa shape index (κ2) is 8.09. The van der Waals surface area contributed by atoms with Gasteiger partial charge >= 0.3 is 5.97 Å². The molecule has 6 nitrogen and oxygen atoms in total. The molecule has 0 saturated carbocycles. The van der Waals surface area contributed by atoms with E-state index in [9.17, 15) is 9.59 Å². The quantitative estimate of drug-likeness (QED) is 0.776. The van der Waals surface area contributed by atoms with Crippen LogP contribution in [0.3, 0.4) is 0 Å². The maximum atomic E-state index is 12.0. The summed E-state index contributed by atoms with van der Waals surface area (Å²) in [5.41, 5.74) is 0.232. The first-order valence-corrected chi connectivity index (χ1v) is 7.97. The predicted molar refractivity (Wildman–Crippen MR) is 78.2 cm³/mol. The van der Waals surface area contributed by atoms with Crippen LogP contribution in [-0.4, -0.2) is 48.6 Å². The summed E-state index contributed by atoms with van der Waals surface area (Å²) < 4.78 is 9.99. The van der Waals surface area contributed by atoms with Crippen molar-refractivity contribution in [3.63, 3.8) is 0 Å². The fourth-order valence-electron chi connectivity index (χ4n) is 2.21. The lowest BCUT2D eigenvalue weighted by Crippen LogP contribution is -2.35. The van der Waals surface area contributed by atoms with Gasteiger partial charge in [0.2, 0.25) is 0 Å². The minimum atomic E-state index is -0.559. The number of amides is 1. The van der Waals surface area contributed by atoms with E-state index in [-0.39, 0.29) is 18.2 Å². The Morgan fingerprint density at radius 2 is 2.00 bits per heavy atom. The highest BCUT2D eigenvalue weighted by Gasteiger charge is 2.19. The zero-order valence-corrected chi connectivity index (χ0v) is 13.0. The minimum Gasteiger partial charge on any atom is -0.451 e. The Hall–Kier alpha value is -1.47. The van der Waals surface area contributed by atoms with E-state index in [0.29, 0.717) is 11.6 Å². The third-order valence-corrected chi connectivity index (χ3v) is 4.14. The molecule has 1 aromatic rings. The summed E-state index contributed by atoms with van der Waals surface area (Å²) in [6.45, 7) is 1.66. The van der Waals surface area contributed by atoms with Crippen LogP contribution in [0.1, 0.15) is 41.2 Å². The topological polar surface area (TPSA) is 68.7 Å². The highest BCUT2D eigenvalue weighted by Crippen LogP contribution is 2.12. The molecule has 1 fully saturated rings. The summed E-state index contributed by atoms with van der Waals surface area (Å²) in [4.78, 5) is 29.7. The number of esters is 1. The monoisotopic (exact) mass is 312 g/mol. The number of nitrogens with zero attached hydrogens (tertiary/aromatic N) is 2. The van der Waals surface area contributed by atoms with Crippen molar-refractivity contribution in [3.05, 3.63) is 16.1 Å². The van der Waals surface area contributed by atoms with Gasteiger partial charge in [-0.05, 0) is 12.8 Å². The number of ether oxygens (including phenoxy) is 2. The van der Waals surface area contributed by atoms with Gasteiger partial charge in [0.1, 0.15) is 5.01 Å². The van der Waals surface area contributed by atoms with Crippen LogP contribution in [0.5, 0.6) is 0 Å². The van der Waals surface area contributed by atoms with Crippen LogP contribution >= 0.6 is 11.3 Å². The normalized spacial score (nSPS) is 15.6. The van der Waals surface area contributed by atoms with Gasteiger partial charge in [-0.3, -0.25) is 4.79 Å². The van der Waals surface area contributed by atoms with Gasteiger partial charge in [-0.15, -0.1) is 11.3 Å². The molecule has 0 bridgehead atoms. The average Bonchev–Trinajstić information content (AvgIpc) is 2.78. The SMILES string of the molecule is COCc1nc(C(=O)OCC(=O)N2CCCCCC2)cs1. The molecule has 1 aliphatic rings. The molecule has 1 saturated heterocycles. The van der Waals surface area contributed by atoms with Gasteiger partial charge in [-0.2, -0.15) is 0 Å². The third kappa shape index (κ3) is 4.78. The Balaban J connectivity index is 1.80. The van der Waals surface area contributed by atoms with Gasteiger partial charge in [0.15, 0.2) is 12.3 Å². The molecule has 0 radical (unpaired) electrons. The molecule has 0 unspecified atom stereocenters. The Morgan fingerprint density at radius 1 is 1.29 bits per heavy atom. The minimum absolute atomic E-state index is 0.127. The van der Waals surface area contributed by atoms with E-state index in [4.69, 9.17) is 9.47 Å². The number of hydrogen-bond acceptors (Lipinski definition) is 6. The Bertz CT molecular complexity index is 481. The van der Waals surface area contributed by atoms with Gasteiger partial charge in [-0.1, -0.05) is 12.8 Å². The van der Waals surface area contributed by atoms with Crippen LogP contribution in [0.2, 0.25) is 0 Å². The van der Waals surface area contributed by atoms with E-state index in [2.05, 4.69) is 4.98 Å². The third-order valence-electron chi connectivity index (χ3n) is 3.31. The number of thiazole rings is 1. The first kappa shape index (κ1) is 15.9. The smallest absolute Gasteiger partial charge is 0.358 e. The van der Waals surface area contributed by atoms with E-state index in [1.807, 2.05) is 0 Å². The van der Waals surface area contributed by atoms with Crippen molar-refractivity contribution < 1.29 is 19.1 Å². The maximum Gasteiger partial charge on any atom is 0.358 e. The number of rotatable bonds is 5. The summed E-state index contributed by atoms with van der Waals surface area (Å²) in [7, 11) is 1.57. The Kier molecular flexibility index (Phi) is 6.13. The van der Waals surface area contributed by atoms with Crippen molar-refractivity contribution in [2.24, 2.45) is 0 Å². The van der Waals surface area contributed by atoms with Gasteiger partial charge in [0.05, 0.1) is 6.61 Å². The molecule has 0 aliphatic carbocycles. The van der Waals surface area contributed by atoms with Gasteiger partial charge in [0, 0.05) is 25.6 Å². The Labute approximate surface area is 128 Å². The van der Waals surface area contributed by atoms with Crippen LogP contribution in [-0.2, 0) is 20.9 Å². The summed E-state index contributed by atoms with van der Waals surface area (Å²) in [6.07, 6.45) is 4.35. The highest BCUT2D eigenvalue weighted by molar-refractivity contribution is 7.09. The van der Waals surface area contributed by atoms with Crippen molar-refractivity contribution >= 4 is 23.2 Å². The highest BCUT2D eigenvalue weighted by atomic mass is 32.1. The molecule has 2 heterocycles. The zero-order valence-electron chi connectivity index (χ0n) is 12.2. The van der Waals surface area contributed by atoms with E-state index in [1.165, 1.54) is 11.3 Å². The van der Waals surface area contributed by atoms with Gasteiger partial charge in [0.25, 0.3) is 5.91 Å². The fraction of sp³-hybridized carbons (Fsp3) is 0.643. The van der Waals surface area contributed by atoms with Crippen LogP contribution in [0.15, 0.2) is 5.38 Å². The number of carbonyl (C=O) groups is 2. The molecular formula is C14H20N2O4S. The van der Waals surface area contributed by atoms with Crippen molar-refractivity contribution in [3.8, 4) is 0 Å². The first-order valence-electron chi connectivity index (χ1n) is 7.09. The lowest BCUT2D eigenvalue weighted by atomic mass is 10.2. The van der Waals surface area contributed by atoms with E-state index >= 15 is 0 Å². The van der Waals surface area contributed by atoms with E-state index in [0.717, 1.165) is 38.8 Å². The molecule has 1 aromatic heterocycles. The van der Waals surface area contributed by atoms with Crippen LogP contribution < -0.4 is 0 Å². The summed E-state index contributed by atoms with van der Waals surface area (Å²) in [5, 5.41) is 2.33. The number of hydrogen-bond donors (Lipinski definition) is 0. The van der Waals surface area contributed by atoms with Crippen molar-refractivity contribution in [2.45, 2.75) is 32.3 Å². The van der Waals surface area contributed by atoms with Gasteiger partial charge < -0.3 is 14.4 Å². The first-order chi connectivity index (χ1) is 10.2. The number of carbonyl (C=O) groups excluding carboxylic acids is 2. The number of methoxy groups -OCH3 is 1. The predicted octanol–water partition coefficient (Wildman–Crippen LogP) is 1.85. The fourth-order valence-corrected chi connectivity index (χ4v) is 2.94.